The van der Waals surface area contributed by atoms with Gasteiger partial charge in [-0.3, -0.25) is 9.59 Å². The first-order valence-corrected chi connectivity index (χ1v) is 11.1. The van der Waals surface area contributed by atoms with Crippen LogP contribution in [0.25, 0.3) is 0 Å². The molecular formula is C25H34O4. The molecule has 4 rings (SSSR count). The lowest BCUT2D eigenvalue weighted by atomic mass is 9.47. The molecule has 0 bridgehead atoms. The van der Waals surface area contributed by atoms with Gasteiger partial charge in [-0.1, -0.05) is 38.2 Å². The number of carbonyl (C=O) groups excluding carboxylic acids is 2. The minimum absolute atomic E-state index is 0.0454. The average Bonchev–Trinajstić information content (AvgIpc) is 2.98. The fourth-order valence-electron chi connectivity index (χ4n) is 7.19. The number of hydrogen-bond acceptors (Lipinski definition) is 4. The zero-order chi connectivity index (χ0) is 21.0. The Morgan fingerprint density at radius 2 is 1.72 bits per heavy atom. The van der Waals surface area contributed by atoms with Crippen molar-refractivity contribution in [3.05, 3.63) is 35.6 Å². The highest BCUT2D eigenvalue weighted by molar-refractivity contribution is 5.68. The number of rotatable bonds is 3. The lowest BCUT2D eigenvalue weighted by Crippen LogP contribution is -2.50. The van der Waals surface area contributed by atoms with Crippen LogP contribution in [0.1, 0.15) is 72.6 Å². The van der Waals surface area contributed by atoms with E-state index in [2.05, 4.69) is 32.6 Å². The Hall–Kier alpha value is -1.84. The molecule has 0 aromatic heterocycles. The van der Waals surface area contributed by atoms with Crippen molar-refractivity contribution in [1.82, 2.24) is 0 Å². The van der Waals surface area contributed by atoms with Crippen molar-refractivity contribution in [3.63, 3.8) is 0 Å². The number of ether oxygens (including phenoxy) is 2. The smallest absolute Gasteiger partial charge is 0.308 e. The Bertz CT molecular complexity index is 806. The van der Waals surface area contributed by atoms with E-state index in [1.807, 2.05) is 0 Å². The molecule has 0 unspecified atom stereocenters. The molecule has 4 aliphatic rings. The topological polar surface area (TPSA) is 52.6 Å². The molecule has 0 heterocycles. The van der Waals surface area contributed by atoms with Gasteiger partial charge in [0.25, 0.3) is 0 Å². The van der Waals surface area contributed by atoms with Crippen LogP contribution >= 0.6 is 0 Å². The van der Waals surface area contributed by atoms with E-state index in [1.165, 1.54) is 25.8 Å². The molecule has 0 spiro atoms. The molecular weight excluding hydrogens is 364 g/mol. The lowest BCUT2D eigenvalue weighted by Gasteiger charge is -2.57. The lowest BCUT2D eigenvalue weighted by molar-refractivity contribution is -0.148. The Labute approximate surface area is 174 Å². The zero-order valence-corrected chi connectivity index (χ0v) is 18.3. The second kappa shape index (κ2) is 7.14. The molecule has 0 aromatic carbocycles. The highest BCUT2D eigenvalue weighted by Crippen LogP contribution is 2.65. The molecule has 0 amide bonds. The highest BCUT2D eigenvalue weighted by Gasteiger charge is 2.57. The first kappa shape index (κ1) is 20.4. The van der Waals surface area contributed by atoms with Gasteiger partial charge < -0.3 is 9.47 Å². The van der Waals surface area contributed by atoms with E-state index in [0.717, 1.165) is 44.1 Å². The van der Waals surface area contributed by atoms with Gasteiger partial charge in [-0.15, -0.1) is 0 Å². The molecule has 4 nitrogen and oxygen atoms in total. The van der Waals surface area contributed by atoms with Crippen molar-refractivity contribution in [1.29, 1.82) is 0 Å². The summed E-state index contributed by atoms with van der Waals surface area (Å²) < 4.78 is 10.9. The van der Waals surface area contributed by atoms with Crippen LogP contribution in [0, 0.1) is 28.6 Å². The van der Waals surface area contributed by atoms with E-state index in [-0.39, 0.29) is 28.9 Å². The fraction of sp³-hybridized carbons (Fsp3) is 0.680. The van der Waals surface area contributed by atoms with E-state index in [4.69, 9.17) is 9.47 Å². The molecule has 29 heavy (non-hydrogen) atoms. The molecule has 2 fully saturated rings. The zero-order valence-electron chi connectivity index (χ0n) is 18.3. The second-order valence-corrected chi connectivity index (χ2v) is 10.1. The number of carbonyl (C=O) groups is 2. The summed E-state index contributed by atoms with van der Waals surface area (Å²) in [6.07, 6.45) is 12.2. The van der Waals surface area contributed by atoms with Gasteiger partial charge in [-0.05, 0) is 72.7 Å². The molecule has 4 heteroatoms. The largest absolute Gasteiger partial charge is 0.462 e. The summed E-state index contributed by atoms with van der Waals surface area (Å²) in [5.41, 5.74) is 2.92. The summed E-state index contributed by atoms with van der Waals surface area (Å²) in [6, 6.07) is 0. The molecule has 0 aliphatic heterocycles. The highest BCUT2D eigenvalue weighted by atomic mass is 16.5. The summed E-state index contributed by atoms with van der Waals surface area (Å²) in [5.74, 6) is 1.98. The van der Waals surface area contributed by atoms with Crippen LogP contribution in [0.15, 0.2) is 35.6 Å². The first-order valence-electron chi connectivity index (χ1n) is 11.1. The van der Waals surface area contributed by atoms with Crippen LogP contribution in [-0.4, -0.2) is 18.0 Å². The van der Waals surface area contributed by atoms with Crippen molar-refractivity contribution in [3.8, 4) is 0 Å². The monoisotopic (exact) mass is 398 g/mol. The molecule has 2 saturated carbocycles. The minimum Gasteiger partial charge on any atom is -0.462 e. The normalized spacial score (nSPS) is 40.6. The molecule has 6 atom stereocenters. The Morgan fingerprint density at radius 3 is 2.41 bits per heavy atom. The summed E-state index contributed by atoms with van der Waals surface area (Å²) >= 11 is 0. The van der Waals surface area contributed by atoms with Crippen LogP contribution in [-0.2, 0) is 19.1 Å². The second-order valence-electron chi connectivity index (χ2n) is 10.1. The van der Waals surface area contributed by atoms with Gasteiger partial charge in [0.05, 0.1) is 0 Å². The predicted molar refractivity (Wildman–Crippen MR) is 112 cm³/mol. The maximum atomic E-state index is 11.4. The first-order chi connectivity index (χ1) is 13.6. The van der Waals surface area contributed by atoms with E-state index >= 15 is 0 Å². The maximum Gasteiger partial charge on any atom is 0.308 e. The third-order valence-corrected chi connectivity index (χ3v) is 8.54. The Morgan fingerprint density at radius 1 is 1.00 bits per heavy atom. The Kier molecular flexibility index (Phi) is 5.03. The van der Waals surface area contributed by atoms with Gasteiger partial charge in [0.1, 0.15) is 11.9 Å². The fourth-order valence-corrected chi connectivity index (χ4v) is 7.19. The summed E-state index contributed by atoms with van der Waals surface area (Å²) in [6.45, 7) is 11.8. The molecule has 4 aliphatic carbocycles. The van der Waals surface area contributed by atoms with Gasteiger partial charge in [0.2, 0.25) is 0 Å². The maximum absolute atomic E-state index is 11.4. The molecule has 0 radical (unpaired) electrons. The molecule has 0 saturated heterocycles. The van der Waals surface area contributed by atoms with Crippen LogP contribution in [0.2, 0.25) is 0 Å². The SMILES string of the molecule is C=C(OC(C)=O)C1=CC[C@H]2[C@@H]3CC=C4C[C@H](OC(C)=O)CC[C@]4(C)[C@H]3CC[C@]12C. The van der Waals surface area contributed by atoms with Crippen molar-refractivity contribution < 1.29 is 19.1 Å². The van der Waals surface area contributed by atoms with Gasteiger partial charge in [0, 0.05) is 20.3 Å². The van der Waals surface area contributed by atoms with Crippen molar-refractivity contribution in [2.75, 3.05) is 0 Å². The quantitative estimate of drug-likeness (QED) is 0.358. The average molecular weight is 399 g/mol. The van der Waals surface area contributed by atoms with Gasteiger partial charge >= 0.3 is 11.9 Å². The third-order valence-electron chi connectivity index (χ3n) is 8.54. The summed E-state index contributed by atoms with van der Waals surface area (Å²) in [4.78, 5) is 22.9. The molecule has 0 aromatic rings. The third kappa shape index (κ3) is 3.29. The summed E-state index contributed by atoms with van der Waals surface area (Å²) in [7, 11) is 0. The van der Waals surface area contributed by atoms with E-state index in [1.54, 1.807) is 0 Å². The standard InChI is InChI=1S/C25H34O4/c1-15(28-16(2)26)21-8-9-22-20-7-6-18-14-19(29-17(3)27)10-12-24(18,4)23(20)11-13-25(21,22)5/h6,8,19-20,22-23H,1,7,9-14H2,2-5H3/t19-,20+,22+,23+,24+,25-/m1/s1. The minimum atomic E-state index is -0.293. The van der Waals surface area contributed by atoms with Crippen LogP contribution in [0.5, 0.6) is 0 Å². The predicted octanol–water partition coefficient (Wildman–Crippen LogP) is 5.49. The van der Waals surface area contributed by atoms with Crippen LogP contribution in [0.4, 0.5) is 0 Å². The van der Waals surface area contributed by atoms with Crippen molar-refractivity contribution in [2.45, 2.75) is 78.7 Å². The van der Waals surface area contributed by atoms with E-state index < -0.39 is 0 Å². The van der Waals surface area contributed by atoms with Crippen molar-refractivity contribution >= 4 is 11.9 Å². The van der Waals surface area contributed by atoms with Crippen molar-refractivity contribution in [2.24, 2.45) is 28.6 Å². The summed E-state index contributed by atoms with van der Waals surface area (Å²) in [5, 5.41) is 0. The van der Waals surface area contributed by atoms with Gasteiger partial charge in [0.15, 0.2) is 0 Å². The van der Waals surface area contributed by atoms with E-state index in [9.17, 15) is 9.59 Å². The molecule has 0 N–H and O–H groups in total. The van der Waals surface area contributed by atoms with Crippen LogP contribution < -0.4 is 0 Å². The Balaban J connectivity index is 1.55. The number of allylic oxidation sites excluding steroid dienone is 3. The number of hydrogen-bond donors (Lipinski definition) is 0. The van der Waals surface area contributed by atoms with Gasteiger partial charge in [-0.2, -0.15) is 0 Å². The molecule has 158 valence electrons. The number of fused-ring (bicyclic) bond motifs is 5. The van der Waals surface area contributed by atoms with E-state index in [0.29, 0.717) is 23.5 Å². The number of esters is 2. The van der Waals surface area contributed by atoms with Gasteiger partial charge in [-0.25, -0.2) is 0 Å². The van der Waals surface area contributed by atoms with Crippen LogP contribution in [0.3, 0.4) is 0 Å².